The molecule has 0 radical (unpaired) electrons. The molecule has 79 heavy (non-hydrogen) atoms. The van der Waals surface area contributed by atoms with Crippen molar-refractivity contribution < 1.29 is 58.2 Å². The Hall–Kier alpha value is -5.53. The van der Waals surface area contributed by atoms with E-state index in [1.165, 1.54) is 31.1 Å². The minimum Gasteiger partial charge on any atom is -0.468 e. The zero-order chi connectivity index (χ0) is 55.8. The molecule has 2 bridgehead atoms. The number of methoxy groups -OCH3 is 2. The van der Waals surface area contributed by atoms with Gasteiger partial charge in [-0.2, -0.15) is 0 Å². The summed E-state index contributed by atoms with van der Waals surface area (Å²) in [5, 5.41) is 39.0. The zero-order valence-electron chi connectivity index (χ0n) is 47.1. The van der Waals surface area contributed by atoms with Gasteiger partial charge < -0.3 is 54.0 Å². The van der Waals surface area contributed by atoms with E-state index in [9.17, 15) is 24.9 Å². The number of aliphatic hydroxyl groups excluding tert-OH is 1. The number of likely N-dealkylation sites (tertiary alicyclic amines) is 1. The number of aromatic nitrogens is 1. The van der Waals surface area contributed by atoms with E-state index < -0.39 is 94.3 Å². The molecule has 7 unspecified atom stereocenters. The summed E-state index contributed by atoms with van der Waals surface area (Å²) in [5.74, 6) is -2.82. The fraction of sp³-hybridized carbons (Fsp3) is 0.656. The lowest BCUT2D eigenvalue weighted by molar-refractivity contribution is -0.244. The second kappa shape index (κ2) is 21.1. The van der Waals surface area contributed by atoms with Crippen LogP contribution in [0, 0.1) is 11.3 Å². The molecule has 2 amide bonds. The van der Waals surface area contributed by atoms with Crippen LogP contribution < -0.4 is 4.90 Å². The third-order valence-electron chi connectivity index (χ3n) is 20.5. The molecule has 7 heterocycles. The predicted octanol–water partition coefficient (Wildman–Crippen LogP) is 5.63. The van der Waals surface area contributed by atoms with Crippen molar-refractivity contribution in [2.24, 2.45) is 11.3 Å². The van der Waals surface area contributed by atoms with Crippen molar-refractivity contribution in [1.82, 2.24) is 24.6 Å². The average molecular weight is 1090 g/mol. The largest absolute Gasteiger partial charge is 0.468 e. The summed E-state index contributed by atoms with van der Waals surface area (Å²) in [5.41, 5.74) is -2.05. The fourth-order valence-corrected chi connectivity index (χ4v) is 17.2. The maximum Gasteiger partial charge on any atom is 0.410 e. The number of aromatic amines is 1. The van der Waals surface area contributed by atoms with Gasteiger partial charge in [0.1, 0.15) is 24.1 Å². The van der Waals surface area contributed by atoms with Gasteiger partial charge >= 0.3 is 24.0 Å². The highest BCUT2D eigenvalue weighted by atomic mass is 16.6. The first-order valence-corrected chi connectivity index (χ1v) is 29.3. The normalized spacial score (nSPS) is 35.3. The summed E-state index contributed by atoms with van der Waals surface area (Å²) in [6.07, 6.45) is 10.9. The number of rotatable bonds is 11. The number of carbonyl (C=O) groups is 5. The molecule has 4 N–H and O–H groups in total. The monoisotopic (exact) mass is 1090 g/mol. The van der Waals surface area contributed by atoms with Gasteiger partial charge in [0.2, 0.25) is 11.5 Å². The molecule has 3 aromatic rings. The molecule has 18 nitrogen and oxygen atoms in total. The van der Waals surface area contributed by atoms with Gasteiger partial charge in [-0.1, -0.05) is 50.6 Å². The Kier molecular flexibility index (Phi) is 14.8. The first-order chi connectivity index (χ1) is 38.0. The van der Waals surface area contributed by atoms with Crippen molar-refractivity contribution >= 4 is 46.5 Å². The zero-order valence-corrected chi connectivity index (χ0v) is 47.1. The summed E-state index contributed by atoms with van der Waals surface area (Å²) in [6.45, 7) is 6.64. The molecular formula is C61H82N6O12. The van der Waals surface area contributed by atoms with Gasteiger partial charge in [0.15, 0.2) is 6.10 Å². The van der Waals surface area contributed by atoms with E-state index in [-0.39, 0.29) is 31.8 Å². The fourth-order valence-electron chi connectivity index (χ4n) is 17.2. The molecule has 1 aromatic heterocycles. The van der Waals surface area contributed by atoms with Crippen molar-refractivity contribution in [3.05, 3.63) is 76.5 Å². The van der Waals surface area contributed by atoms with E-state index in [1.54, 1.807) is 0 Å². The molecule has 4 saturated heterocycles. The molecular weight excluding hydrogens is 1010 g/mol. The SMILES string of the molecule is CC[C@]1(O)C[C@@H]2CN(CCc3c([nH]c4ccccc34)[C@@](C(=O)OC)(c3cc4c(cc3CO)N(C)C3C45CCN4CCC[C@](CC)(C45)[C@@H](OC(=O)C4CCCN4C(=O)CN(C)C(=O)OC4/C=C/CCCCC4)C3(O)C(=O)OC)C2)C1. The highest BCUT2D eigenvalue weighted by Crippen LogP contribution is 2.69. The Bertz CT molecular complexity index is 2910. The third kappa shape index (κ3) is 8.61. The number of nitrogens with zero attached hydrogens (tertiary/aromatic N) is 5. The topological polar surface area (TPSA) is 215 Å². The summed E-state index contributed by atoms with van der Waals surface area (Å²) in [7, 11) is 5.98. The third-order valence-corrected chi connectivity index (χ3v) is 20.5. The van der Waals surface area contributed by atoms with Crippen LogP contribution in [0.1, 0.15) is 132 Å². The number of benzene rings is 2. The van der Waals surface area contributed by atoms with Gasteiger partial charge in [-0.05, 0) is 149 Å². The lowest BCUT2D eigenvalue weighted by atomic mass is 9.46. The van der Waals surface area contributed by atoms with E-state index in [4.69, 9.17) is 18.9 Å². The lowest BCUT2D eigenvalue weighted by Gasteiger charge is -2.65. The van der Waals surface area contributed by atoms with E-state index in [0.29, 0.717) is 106 Å². The number of hydrogen-bond acceptors (Lipinski definition) is 15. The van der Waals surface area contributed by atoms with Crippen LogP contribution in [0.15, 0.2) is 48.6 Å². The van der Waals surface area contributed by atoms with Crippen molar-refractivity contribution in [3.63, 3.8) is 0 Å². The van der Waals surface area contributed by atoms with Crippen LogP contribution in [0.5, 0.6) is 0 Å². The van der Waals surface area contributed by atoms with Crippen molar-refractivity contribution in [2.45, 2.75) is 169 Å². The number of aliphatic hydroxyl groups is 3. The number of piperidine rings is 2. The number of esters is 3. The molecule has 2 aromatic carbocycles. The maximum absolute atomic E-state index is 15.6. The van der Waals surface area contributed by atoms with Crippen LogP contribution in [0.2, 0.25) is 0 Å². The van der Waals surface area contributed by atoms with Crippen molar-refractivity contribution in [2.75, 3.05) is 79.0 Å². The number of hydrogen-bond donors (Lipinski definition) is 4. The van der Waals surface area contributed by atoms with Crippen LogP contribution in [0.25, 0.3) is 10.9 Å². The predicted molar refractivity (Wildman–Crippen MR) is 294 cm³/mol. The van der Waals surface area contributed by atoms with E-state index in [1.807, 2.05) is 62.2 Å². The summed E-state index contributed by atoms with van der Waals surface area (Å²) < 4.78 is 24.3. The summed E-state index contributed by atoms with van der Waals surface area (Å²) in [4.78, 5) is 86.5. The molecule has 2 aliphatic carbocycles. The number of ether oxygens (including phenoxy) is 4. The Morgan fingerprint density at radius 1 is 0.848 bits per heavy atom. The van der Waals surface area contributed by atoms with Crippen LogP contribution in [0.3, 0.4) is 0 Å². The first-order valence-electron chi connectivity index (χ1n) is 29.3. The Morgan fingerprint density at radius 2 is 1.65 bits per heavy atom. The van der Waals surface area contributed by atoms with Gasteiger partial charge in [-0.15, -0.1) is 0 Å². The smallest absolute Gasteiger partial charge is 0.410 e. The molecule has 428 valence electrons. The average Bonchev–Trinajstić information content (AvgIpc) is 2.61. The molecule has 11 rings (SSSR count). The Labute approximate surface area is 463 Å². The molecule has 1 spiro atoms. The van der Waals surface area contributed by atoms with Crippen LogP contribution in [-0.4, -0.2) is 185 Å². The second-order valence-electron chi connectivity index (χ2n) is 24.6. The van der Waals surface area contributed by atoms with Crippen LogP contribution >= 0.6 is 0 Å². The number of para-hydroxylation sites is 1. The maximum atomic E-state index is 15.6. The number of H-pyrrole nitrogens is 1. The minimum absolute atomic E-state index is 0.173. The molecule has 6 aliphatic heterocycles. The summed E-state index contributed by atoms with van der Waals surface area (Å²) >= 11 is 0. The highest BCUT2D eigenvalue weighted by molar-refractivity contribution is 5.95. The van der Waals surface area contributed by atoms with Crippen LogP contribution in [0.4, 0.5) is 10.5 Å². The molecule has 12 atom stereocenters. The van der Waals surface area contributed by atoms with Crippen molar-refractivity contribution in [3.8, 4) is 0 Å². The van der Waals surface area contributed by atoms with E-state index in [2.05, 4.69) is 26.9 Å². The number of nitrogens with one attached hydrogen (secondary N) is 1. The van der Waals surface area contributed by atoms with Gasteiger partial charge in [0, 0.05) is 79.4 Å². The van der Waals surface area contributed by atoms with Crippen LogP contribution in [-0.2, 0) is 62.0 Å². The molecule has 18 heteroatoms. The highest BCUT2D eigenvalue weighted by Gasteiger charge is 2.81. The quantitative estimate of drug-likeness (QED) is 0.104. The number of allylic oxidation sites excluding steroid dienone is 1. The Morgan fingerprint density at radius 3 is 2.41 bits per heavy atom. The first kappa shape index (κ1) is 55.4. The lowest BCUT2D eigenvalue weighted by Crippen LogP contribution is -2.82. The molecule has 5 fully saturated rings. The molecule has 1 saturated carbocycles. The summed E-state index contributed by atoms with van der Waals surface area (Å²) in [6, 6.07) is 9.49. The standard InChI is InChI=1S/C61H82N6O12/c1-7-57(74)32-38-33-60(54(71)76-5,49-42(23-28-65(34-38)37-57)41-20-14-15-21-45(41)62-49)43-31-44-47(30-39(43)36-68)64(4)52-59(44)25-29-66-26-17-24-58(8-2,51(59)66)53(61(52,75)55(72)77-6)79-50(70)46-22-16-27-67(46)48(69)35-63(3)56(73)78-40-18-12-10-9-11-13-19-40/h12,14-15,18,20-21,30-31,38,40,46,51-53,62,68,74-75H,7-11,13,16-17,19,22-29,32-37H2,1-6H3/b18-12+/t38-,40?,46?,51?,52?,53+,57-,58+,59?,60-,61?/m0/s1. The van der Waals surface area contributed by atoms with E-state index in [0.717, 1.165) is 54.3 Å². The number of fused-ring (bicyclic) bond motifs is 6. The number of carbonyl (C=O) groups excluding carboxylic acids is 5. The van der Waals surface area contributed by atoms with Gasteiger partial charge in [0.25, 0.3) is 0 Å². The second-order valence-corrected chi connectivity index (χ2v) is 24.6. The van der Waals surface area contributed by atoms with E-state index >= 15 is 14.4 Å². The Balaban J connectivity index is 1.01. The number of amides is 2. The molecule has 8 aliphatic rings. The number of likely N-dealkylation sites (N-methyl/N-ethyl adjacent to an activating group) is 2. The van der Waals surface area contributed by atoms with Gasteiger partial charge in [0.05, 0.1) is 32.5 Å². The number of anilines is 1. The minimum atomic E-state index is -2.49. The van der Waals surface area contributed by atoms with Crippen molar-refractivity contribution in [1.29, 1.82) is 0 Å². The van der Waals surface area contributed by atoms with Gasteiger partial charge in [-0.25, -0.2) is 14.4 Å². The van der Waals surface area contributed by atoms with Gasteiger partial charge in [-0.3, -0.25) is 19.4 Å².